The largest absolute Gasteiger partial charge is 0.464 e. The van der Waals surface area contributed by atoms with E-state index in [2.05, 4.69) is 12.2 Å². The van der Waals surface area contributed by atoms with Crippen molar-refractivity contribution in [2.45, 2.75) is 78.2 Å². The molecule has 0 aromatic heterocycles. The number of hydrogen-bond acceptors (Lipinski definition) is 4. The summed E-state index contributed by atoms with van der Waals surface area (Å²) in [6.45, 7) is 8.83. The fraction of sp³-hybridized carbons (Fsp3) is 0.882. The third-order valence-corrected chi connectivity index (χ3v) is 3.81. The zero-order chi connectivity index (χ0) is 16.6. The van der Waals surface area contributed by atoms with Gasteiger partial charge in [0.1, 0.15) is 5.54 Å². The lowest BCUT2D eigenvalue weighted by molar-refractivity contribution is -0.151. The number of alkyl carbamates (subject to hydrolysis) is 1. The lowest BCUT2D eigenvalue weighted by atomic mass is 9.98. The third-order valence-electron chi connectivity index (χ3n) is 3.81. The maximum absolute atomic E-state index is 12.4. The molecule has 1 fully saturated rings. The Morgan fingerprint density at radius 1 is 1.09 bits per heavy atom. The van der Waals surface area contributed by atoms with Crippen molar-refractivity contribution >= 4 is 12.1 Å². The monoisotopic (exact) mass is 313 g/mol. The van der Waals surface area contributed by atoms with E-state index in [0.29, 0.717) is 26.1 Å². The number of rotatable bonds is 7. The Morgan fingerprint density at radius 2 is 1.73 bits per heavy atom. The Hall–Kier alpha value is -1.26. The Labute approximate surface area is 134 Å². The van der Waals surface area contributed by atoms with Crippen molar-refractivity contribution in [3.05, 3.63) is 0 Å². The number of esters is 1. The zero-order valence-corrected chi connectivity index (χ0v) is 14.5. The summed E-state index contributed by atoms with van der Waals surface area (Å²) in [6.07, 6.45) is 5.57. The molecule has 0 saturated heterocycles. The van der Waals surface area contributed by atoms with Gasteiger partial charge >= 0.3 is 12.1 Å². The first-order valence-electron chi connectivity index (χ1n) is 8.41. The number of carbonyl (C=O) groups is 2. The van der Waals surface area contributed by atoms with Gasteiger partial charge in [0.15, 0.2) is 0 Å². The first-order chi connectivity index (χ1) is 10.3. The second kappa shape index (κ2) is 8.39. The highest BCUT2D eigenvalue weighted by molar-refractivity contribution is 5.86. The standard InChI is InChI=1S/C17H31NO4/c1-5-6-9-12-21-14(19)17(10-7-8-11-17)18-15(20)22-13-16(2,3)4/h5-13H2,1-4H3,(H,18,20). The molecule has 1 aliphatic rings. The summed E-state index contributed by atoms with van der Waals surface area (Å²) >= 11 is 0. The number of unbranched alkanes of at least 4 members (excludes halogenated alkanes) is 2. The van der Waals surface area contributed by atoms with Gasteiger partial charge in [-0.3, -0.25) is 0 Å². The predicted molar refractivity (Wildman–Crippen MR) is 85.6 cm³/mol. The van der Waals surface area contributed by atoms with Crippen molar-refractivity contribution in [1.82, 2.24) is 5.32 Å². The highest BCUT2D eigenvalue weighted by Gasteiger charge is 2.44. The van der Waals surface area contributed by atoms with Crippen molar-refractivity contribution in [1.29, 1.82) is 0 Å². The summed E-state index contributed by atoms with van der Waals surface area (Å²) in [6, 6.07) is 0. The van der Waals surface area contributed by atoms with Crippen molar-refractivity contribution in [3.8, 4) is 0 Å². The smallest absolute Gasteiger partial charge is 0.408 e. The highest BCUT2D eigenvalue weighted by Crippen LogP contribution is 2.31. The van der Waals surface area contributed by atoms with E-state index in [9.17, 15) is 9.59 Å². The van der Waals surface area contributed by atoms with Crippen molar-refractivity contribution in [3.63, 3.8) is 0 Å². The van der Waals surface area contributed by atoms with Gasteiger partial charge in [-0.25, -0.2) is 9.59 Å². The molecule has 5 heteroatoms. The Bertz CT molecular complexity index is 367. The SMILES string of the molecule is CCCCCOC(=O)C1(NC(=O)OCC(C)(C)C)CCCC1. The molecule has 0 radical (unpaired) electrons. The van der Waals surface area contributed by atoms with Gasteiger partial charge in [-0.15, -0.1) is 0 Å². The van der Waals surface area contributed by atoms with Gasteiger partial charge in [-0.05, 0) is 24.7 Å². The molecule has 0 aromatic carbocycles. The number of amides is 1. The van der Waals surface area contributed by atoms with E-state index >= 15 is 0 Å². The van der Waals surface area contributed by atoms with Crippen LogP contribution in [0.4, 0.5) is 4.79 Å². The number of nitrogens with one attached hydrogen (secondary N) is 1. The molecule has 1 amide bonds. The van der Waals surface area contributed by atoms with Crippen molar-refractivity contribution < 1.29 is 19.1 Å². The lowest BCUT2D eigenvalue weighted by Crippen LogP contribution is -2.53. The summed E-state index contributed by atoms with van der Waals surface area (Å²) < 4.78 is 10.6. The molecule has 128 valence electrons. The minimum Gasteiger partial charge on any atom is -0.464 e. The molecular weight excluding hydrogens is 282 g/mol. The van der Waals surface area contributed by atoms with Crippen LogP contribution in [0.3, 0.4) is 0 Å². The fourth-order valence-electron chi connectivity index (χ4n) is 2.53. The molecule has 0 bridgehead atoms. The molecule has 5 nitrogen and oxygen atoms in total. The summed E-state index contributed by atoms with van der Waals surface area (Å²) in [5, 5.41) is 2.77. The van der Waals surface area contributed by atoms with Gasteiger partial charge in [-0.1, -0.05) is 53.4 Å². The quantitative estimate of drug-likeness (QED) is 0.573. The molecular formula is C17H31NO4. The van der Waals surface area contributed by atoms with Crippen LogP contribution in [0.25, 0.3) is 0 Å². The van der Waals surface area contributed by atoms with Crippen LogP contribution in [0.15, 0.2) is 0 Å². The summed E-state index contributed by atoms with van der Waals surface area (Å²) in [4.78, 5) is 24.4. The van der Waals surface area contributed by atoms with Crippen LogP contribution in [-0.2, 0) is 14.3 Å². The molecule has 0 aliphatic heterocycles. The maximum Gasteiger partial charge on any atom is 0.408 e. The van der Waals surface area contributed by atoms with E-state index in [0.717, 1.165) is 32.1 Å². The lowest BCUT2D eigenvalue weighted by Gasteiger charge is -2.28. The van der Waals surface area contributed by atoms with Gasteiger partial charge in [0, 0.05) is 0 Å². The molecule has 0 aromatic rings. The van der Waals surface area contributed by atoms with Crippen LogP contribution in [0.2, 0.25) is 0 Å². The molecule has 1 aliphatic carbocycles. The molecule has 22 heavy (non-hydrogen) atoms. The van der Waals surface area contributed by atoms with E-state index < -0.39 is 11.6 Å². The molecule has 0 unspecified atom stereocenters. The molecule has 0 atom stereocenters. The number of hydrogen-bond donors (Lipinski definition) is 1. The van der Waals surface area contributed by atoms with Crippen LogP contribution < -0.4 is 5.32 Å². The zero-order valence-electron chi connectivity index (χ0n) is 14.5. The van der Waals surface area contributed by atoms with E-state index in [1.807, 2.05) is 20.8 Å². The number of ether oxygens (including phenoxy) is 2. The molecule has 1 saturated carbocycles. The maximum atomic E-state index is 12.4. The summed E-state index contributed by atoms with van der Waals surface area (Å²) in [5.41, 5.74) is -0.984. The normalized spacial score (nSPS) is 17.1. The van der Waals surface area contributed by atoms with Crippen LogP contribution in [0.1, 0.15) is 72.6 Å². The van der Waals surface area contributed by atoms with Gasteiger partial charge in [0.25, 0.3) is 0 Å². The van der Waals surface area contributed by atoms with Crippen LogP contribution in [-0.4, -0.2) is 30.8 Å². The van der Waals surface area contributed by atoms with E-state index in [-0.39, 0.29) is 11.4 Å². The summed E-state index contributed by atoms with van der Waals surface area (Å²) in [5.74, 6) is -0.311. The average Bonchev–Trinajstić information content (AvgIpc) is 2.90. The highest BCUT2D eigenvalue weighted by atomic mass is 16.6. The van der Waals surface area contributed by atoms with Gasteiger partial charge in [0.2, 0.25) is 0 Å². The minimum absolute atomic E-state index is 0.0964. The van der Waals surface area contributed by atoms with Gasteiger partial charge < -0.3 is 14.8 Å². The molecule has 0 heterocycles. The second-order valence-corrected chi connectivity index (χ2v) is 7.39. The first-order valence-corrected chi connectivity index (χ1v) is 8.41. The van der Waals surface area contributed by atoms with Crippen LogP contribution in [0.5, 0.6) is 0 Å². The van der Waals surface area contributed by atoms with E-state index in [1.165, 1.54) is 0 Å². The van der Waals surface area contributed by atoms with Crippen molar-refractivity contribution in [2.24, 2.45) is 5.41 Å². The molecule has 0 spiro atoms. The minimum atomic E-state index is -0.888. The number of carbonyl (C=O) groups excluding carboxylic acids is 2. The Morgan fingerprint density at radius 3 is 2.27 bits per heavy atom. The van der Waals surface area contributed by atoms with E-state index in [1.54, 1.807) is 0 Å². The fourth-order valence-corrected chi connectivity index (χ4v) is 2.53. The first kappa shape index (κ1) is 18.8. The summed E-state index contributed by atoms with van der Waals surface area (Å²) in [7, 11) is 0. The second-order valence-electron chi connectivity index (χ2n) is 7.39. The average molecular weight is 313 g/mol. The Kier molecular flexibility index (Phi) is 7.17. The Balaban J connectivity index is 2.52. The third kappa shape index (κ3) is 6.24. The topological polar surface area (TPSA) is 64.6 Å². The van der Waals surface area contributed by atoms with Crippen LogP contribution in [0, 0.1) is 5.41 Å². The van der Waals surface area contributed by atoms with Crippen LogP contribution >= 0.6 is 0 Å². The van der Waals surface area contributed by atoms with Gasteiger partial charge in [0.05, 0.1) is 13.2 Å². The predicted octanol–water partition coefficient (Wildman–Crippen LogP) is 3.80. The molecule has 1 N–H and O–H groups in total. The van der Waals surface area contributed by atoms with Gasteiger partial charge in [-0.2, -0.15) is 0 Å². The van der Waals surface area contributed by atoms with Crippen molar-refractivity contribution in [2.75, 3.05) is 13.2 Å². The van der Waals surface area contributed by atoms with E-state index in [4.69, 9.17) is 9.47 Å². The molecule has 1 rings (SSSR count).